The van der Waals surface area contributed by atoms with Crippen molar-refractivity contribution in [2.24, 2.45) is 0 Å². The highest BCUT2D eigenvalue weighted by atomic mass is 35.5. The first-order chi connectivity index (χ1) is 14.6. The standard InChI is InChI=1S/C24H24Cl3NO2/c1-2-29-23-13-18(15-28-12-11-17-7-4-3-5-8-17)22(27)14-24(23)30-16-19-20(25)9-6-10-21(19)26/h3-10,13-14,28H,2,11-12,15-16H2,1H3. The molecule has 0 aliphatic carbocycles. The van der Waals surface area contributed by atoms with Gasteiger partial charge in [-0.3, -0.25) is 0 Å². The minimum atomic E-state index is 0.226. The summed E-state index contributed by atoms with van der Waals surface area (Å²) >= 11 is 19.0. The normalized spacial score (nSPS) is 10.8. The second kappa shape index (κ2) is 11.5. The lowest BCUT2D eigenvalue weighted by Crippen LogP contribution is -2.17. The Kier molecular flexibility index (Phi) is 8.71. The van der Waals surface area contributed by atoms with E-state index in [1.807, 2.05) is 19.1 Å². The van der Waals surface area contributed by atoms with Crippen molar-refractivity contribution in [3.8, 4) is 11.5 Å². The second-order valence-corrected chi connectivity index (χ2v) is 7.95. The molecule has 0 atom stereocenters. The quantitative estimate of drug-likeness (QED) is 0.329. The Morgan fingerprint density at radius 3 is 2.20 bits per heavy atom. The van der Waals surface area contributed by atoms with Crippen LogP contribution in [0, 0.1) is 0 Å². The summed E-state index contributed by atoms with van der Waals surface area (Å²) in [6, 6.07) is 19.4. The second-order valence-electron chi connectivity index (χ2n) is 6.72. The van der Waals surface area contributed by atoms with E-state index >= 15 is 0 Å². The fourth-order valence-electron chi connectivity index (χ4n) is 3.01. The van der Waals surface area contributed by atoms with Gasteiger partial charge in [-0.1, -0.05) is 71.2 Å². The molecule has 0 heterocycles. The van der Waals surface area contributed by atoms with Crippen LogP contribution in [-0.4, -0.2) is 13.2 Å². The van der Waals surface area contributed by atoms with E-state index in [1.165, 1.54) is 5.56 Å². The third kappa shape index (κ3) is 6.29. The number of nitrogens with one attached hydrogen (secondary N) is 1. The molecule has 0 unspecified atom stereocenters. The van der Waals surface area contributed by atoms with E-state index in [1.54, 1.807) is 24.3 Å². The SMILES string of the molecule is CCOc1cc(CNCCc2ccccc2)c(Cl)cc1OCc1c(Cl)cccc1Cl. The summed E-state index contributed by atoms with van der Waals surface area (Å²) in [4.78, 5) is 0. The highest BCUT2D eigenvalue weighted by molar-refractivity contribution is 6.36. The van der Waals surface area contributed by atoms with Crippen LogP contribution in [0.15, 0.2) is 60.7 Å². The van der Waals surface area contributed by atoms with Gasteiger partial charge in [0.2, 0.25) is 0 Å². The van der Waals surface area contributed by atoms with Crippen molar-refractivity contribution in [3.63, 3.8) is 0 Å². The van der Waals surface area contributed by atoms with Crippen LogP contribution in [0.4, 0.5) is 0 Å². The van der Waals surface area contributed by atoms with Crippen molar-refractivity contribution in [3.05, 3.63) is 92.4 Å². The van der Waals surface area contributed by atoms with Crippen LogP contribution in [0.2, 0.25) is 15.1 Å². The van der Waals surface area contributed by atoms with Crippen LogP contribution in [0.3, 0.4) is 0 Å². The fourth-order valence-corrected chi connectivity index (χ4v) is 3.74. The van der Waals surface area contributed by atoms with Gasteiger partial charge >= 0.3 is 0 Å². The fraction of sp³-hybridized carbons (Fsp3) is 0.250. The predicted molar refractivity (Wildman–Crippen MR) is 125 cm³/mol. The van der Waals surface area contributed by atoms with Crippen molar-refractivity contribution in [1.82, 2.24) is 5.32 Å². The van der Waals surface area contributed by atoms with Gasteiger partial charge in [0.25, 0.3) is 0 Å². The summed E-state index contributed by atoms with van der Waals surface area (Å²) in [5, 5.41) is 5.18. The molecule has 0 aliphatic rings. The first kappa shape index (κ1) is 22.8. The molecule has 3 aromatic rings. The monoisotopic (exact) mass is 463 g/mol. The van der Waals surface area contributed by atoms with Crippen LogP contribution >= 0.6 is 34.8 Å². The van der Waals surface area contributed by atoms with Gasteiger partial charge in [-0.05, 0) is 49.2 Å². The molecule has 158 valence electrons. The Labute approximate surface area is 192 Å². The van der Waals surface area contributed by atoms with Crippen molar-refractivity contribution in [1.29, 1.82) is 0 Å². The van der Waals surface area contributed by atoms with Crippen molar-refractivity contribution in [2.75, 3.05) is 13.2 Å². The van der Waals surface area contributed by atoms with E-state index in [-0.39, 0.29) is 6.61 Å². The minimum absolute atomic E-state index is 0.226. The molecule has 1 N–H and O–H groups in total. The van der Waals surface area contributed by atoms with E-state index in [2.05, 4.69) is 29.6 Å². The molecule has 3 rings (SSSR count). The molecule has 0 aromatic heterocycles. The average molecular weight is 465 g/mol. The maximum absolute atomic E-state index is 6.51. The number of ether oxygens (including phenoxy) is 2. The van der Waals surface area contributed by atoms with Crippen molar-refractivity contribution < 1.29 is 9.47 Å². The van der Waals surface area contributed by atoms with E-state index in [9.17, 15) is 0 Å². The van der Waals surface area contributed by atoms with Gasteiger partial charge < -0.3 is 14.8 Å². The predicted octanol–water partition coefficient (Wildman–Crippen LogP) is 6.96. The molecule has 3 aromatic carbocycles. The molecule has 0 radical (unpaired) electrons. The molecule has 6 heteroatoms. The molecular weight excluding hydrogens is 441 g/mol. The van der Waals surface area contributed by atoms with Crippen LogP contribution in [0.5, 0.6) is 11.5 Å². The maximum Gasteiger partial charge on any atom is 0.163 e. The minimum Gasteiger partial charge on any atom is -0.490 e. The lowest BCUT2D eigenvalue weighted by Gasteiger charge is -2.16. The smallest absolute Gasteiger partial charge is 0.163 e. The summed E-state index contributed by atoms with van der Waals surface area (Å²) in [6.45, 7) is 4.17. The number of rotatable bonds is 10. The highest BCUT2D eigenvalue weighted by Crippen LogP contribution is 2.35. The Balaban J connectivity index is 1.65. The first-order valence-corrected chi connectivity index (χ1v) is 11.0. The molecule has 0 bridgehead atoms. The van der Waals surface area contributed by atoms with Crippen LogP contribution in [0.25, 0.3) is 0 Å². The van der Waals surface area contributed by atoms with Gasteiger partial charge in [-0.15, -0.1) is 0 Å². The van der Waals surface area contributed by atoms with Gasteiger partial charge in [-0.25, -0.2) is 0 Å². The van der Waals surface area contributed by atoms with Crippen molar-refractivity contribution in [2.45, 2.75) is 26.5 Å². The van der Waals surface area contributed by atoms with Crippen LogP contribution < -0.4 is 14.8 Å². The summed E-state index contributed by atoms with van der Waals surface area (Å²) in [7, 11) is 0. The molecule has 0 saturated heterocycles. The van der Waals surface area contributed by atoms with Gasteiger partial charge in [-0.2, -0.15) is 0 Å². The summed E-state index contributed by atoms with van der Waals surface area (Å²) in [5.74, 6) is 1.20. The third-order valence-electron chi connectivity index (χ3n) is 4.60. The molecule has 0 fully saturated rings. The highest BCUT2D eigenvalue weighted by Gasteiger charge is 2.13. The molecule has 30 heavy (non-hydrogen) atoms. The zero-order valence-corrected chi connectivity index (χ0v) is 19.0. The zero-order chi connectivity index (χ0) is 21.3. The van der Waals surface area contributed by atoms with Gasteiger partial charge in [0, 0.05) is 33.2 Å². The molecule has 0 spiro atoms. The molecule has 0 amide bonds. The van der Waals surface area contributed by atoms with Gasteiger partial charge in [0.05, 0.1) is 6.61 Å². The summed E-state index contributed by atoms with van der Waals surface area (Å²) in [6.07, 6.45) is 0.955. The Bertz CT molecular complexity index is 944. The maximum atomic E-state index is 6.51. The van der Waals surface area contributed by atoms with E-state index in [0.29, 0.717) is 39.7 Å². The number of hydrogen-bond acceptors (Lipinski definition) is 3. The number of halogens is 3. The van der Waals surface area contributed by atoms with E-state index in [0.717, 1.165) is 24.1 Å². The Hall–Kier alpha value is -1.91. The first-order valence-electron chi connectivity index (χ1n) is 9.84. The summed E-state index contributed by atoms with van der Waals surface area (Å²) < 4.78 is 11.7. The zero-order valence-electron chi connectivity index (χ0n) is 16.8. The van der Waals surface area contributed by atoms with Gasteiger partial charge in [0.15, 0.2) is 11.5 Å². The lowest BCUT2D eigenvalue weighted by molar-refractivity contribution is 0.269. The topological polar surface area (TPSA) is 30.5 Å². The molecule has 0 saturated carbocycles. The number of benzene rings is 3. The molecule has 3 nitrogen and oxygen atoms in total. The van der Waals surface area contributed by atoms with Gasteiger partial charge in [0.1, 0.15) is 6.61 Å². The van der Waals surface area contributed by atoms with E-state index < -0.39 is 0 Å². The molecular formula is C24H24Cl3NO2. The van der Waals surface area contributed by atoms with Crippen molar-refractivity contribution >= 4 is 34.8 Å². The van der Waals surface area contributed by atoms with Crippen LogP contribution in [-0.2, 0) is 19.6 Å². The third-order valence-corrected chi connectivity index (χ3v) is 5.66. The average Bonchev–Trinajstić information content (AvgIpc) is 2.74. The van der Waals surface area contributed by atoms with E-state index in [4.69, 9.17) is 44.3 Å². The lowest BCUT2D eigenvalue weighted by atomic mass is 10.1. The largest absolute Gasteiger partial charge is 0.490 e. The van der Waals surface area contributed by atoms with Crippen LogP contribution in [0.1, 0.15) is 23.6 Å². The number of hydrogen-bond donors (Lipinski definition) is 1. The Morgan fingerprint density at radius 1 is 0.800 bits per heavy atom. The molecule has 0 aliphatic heterocycles. The summed E-state index contributed by atoms with van der Waals surface area (Å²) in [5.41, 5.74) is 2.98. The Morgan fingerprint density at radius 2 is 1.50 bits per heavy atom.